The minimum atomic E-state index is -0.131. The Kier molecular flexibility index (Phi) is 4.30. The predicted octanol–water partition coefficient (Wildman–Crippen LogP) is 3.36. The predicted molar refractivity (Wildman–Crippen MR) is 96.6 cm³/mol. The van der Waals surface area contributed by atoms with Crippen LogP contribution >= 0.6 is 11.3 Å². The van der Waals surface area contributed by atoms with Crippen molar-refractivity contribution in [1.29, 1.82) is 0 Å². The van der Waals surface area contributed by atoms with Crippen molar-refractivity contribution in [2.45, 2.75) is 38.1 Å². The molecule has 1 N–H and O–H groups in total. The molecule has 124 valence electrons. The van der Waals surface area contributed by atoms with Crippen LogP contribution in [-0.4, -0.2) is 20.6 Å². The van der Waals surface area contributed by atoms with Gasteiger partial charge in [0.25, 0.3) is 5.56 Å². The van der Waals surface area contributed by atoms with E-state index in [1.165, 1.54) is 46.7 Å². The molecule has 0 aliphatic heterocycles. The van der Waals surface area contributed by atoms with E-state index in [2.05, 4.69) is 45.7 Å². The fourth-order valence-electron chi connectivity index (χ4n) is 3.52. The Morgan fingerprint density at radius 1 is 1.17 bits per heavy atom. The van der Waals surface area contributed by atoms with Gasteiger partial charge in [0.05, 0.1) is 0 Å². The van der Waals surface area contributed by atoms with Crippen molar-refractivity contribution in [2.75, 3.05) is 5.32 Å². The third kappa shape index (κ3) is 3.19. The van der Waals surface area contributed by atoms with Crippen LogP contribution in [0, 0.1) is 5.92 Å². The number of hydrogen-bond donors (Lipinski definition) is 1. The Bertz CT molecular complexity index is 873. The van der Waals surface area contributed by atoms with Gasteiger partial charge in [-0.05, 0) is 30.7 Å². The number of fused-ring (bicyclic) bond motifs is 1. The Morgan fingerprint density at radius 2 is 2.00 bits per heavy atom. The Hall–Kier alpha value is -2.21. The van der Waals surface area contributed by atoms with Gasteiger partial charge < -0.3 is 5.32 Å². The van der Waals surface area contributed by atoms with Gasteiger partial charge in [-0.15, -0.1) is 5.10 Å². The largest absolute Gasteiger partial charge is 0.357 e. The highest BCUT2D eigenvalue weighted by molar-refractivity contribution is 7.20. The summed E-state index contributed by atoms with van der Waals surface area (Å²) in [5.41, 5.74) is 1.26. The quantitative estimate of drug-likeness (QED) is 0.791. The van der Waals surface area contributed by atoms with Crippen LogP contribution in [0.1, 0.15) is 31.2 Å². The number of nitrogens with one attached hydrogen (secondary N) is 1. The van der Waals surface area contributed by atoms with Gasteiger partial charge in [0, 0.05) is 18.3 Å². The maximum absolute atomic E-state index is 11.8. The zero-order valence-electron chi connectivity index (χ0n) is 13.4. The van der Waals surface area contributed by atoms with E-state index in [9.17, 15) is 4.79 Å². The van der Waals surface area contributed by atoms with Gasteiger partial charge in [-0.1, -0.05) is 54.5 Å². The second-order valence-electron chi connectivity index (χ2n) is 6.37. The van der Waals surface area contributed by atoms with E-state index in [0.29, 0.717) is 16.9 Å². The van der Waals surface area contributed by atoms with Crippen LogP contribution in [0.25, 0.3) is 4.96 Å². The Balaban J connectivity index is 1.54. The van der Waals surface area contributed by atoms with Gasteiger partial charge in [0.2, 0.25) is 10.1 Å². The van der Waals surface area contributed by atoms with E-state index in [0.717, 1.165) is 18.0 Å². The van der Waals surface area contributed by atoms with Crippen LogP contribution < -0.4 is 10.9 Å². The number of anilines is 1. The summed E-state index contributed by atoms with van der Waals surface area (Å²) >= 11 is 1.44. The first kappa shape index (κ1) is 15.3. The summed E-state index contributed by atoms with van der Waals surface area (Å²) in [5.74, 6) is 0.595. The smallest absolute Gasteiger partial charge is 0.275 e. The number of rotatable bonds is 4. The van der Waals surface area contributed by atoms with Gasteiger partial charge in [-0.3, -0.25) is 4.79 Å². The second kappa shape index (κ2) is 6.73. The fraction of sp³-hybridized carbons (Fsp3) is 0.389. The highest BCUT2D eigenvalue weighted by Crippen LogP contribution is 2.30. The van der Waals surface area contributed by atoms with E-state index >= 15 is 0 Å². The van der Waals surface area contributed by atoms with Crippen molar-refractivity contribution in [2.24, 2.45) is 5.92 Å². The van der Waals surface area contributed by atoms with Crippen LogP contribution in [0.4, 0.5) is 5.13 Å². The van der Waals surface area contributed by atoms with E-state index < -0.39 is 0 Å². The minimum Gasteiger partial charge on any atom is -0.357 e. The summed E-state index contributed by atoms with van der Waals surface area (Å²) in [6, 6.07) is 12.5. The second-order valence-corrected chi connectivity index (χ2v) is 7.33. The monoisotopic (exact) mass is 340 g/mol. The van der Waals surface area contributed by atoms with Crippen LogP contribution in [0.2, 0.25) is 0 Å². The van der Waals surface area contributed by atoms with E-state index in [4.69, 9.17) is 0 Å². The molecule has 1 fully saturated rings. The van der Waals surface area contributed by atoms with Crippen LogP contribution in [0.3, 0.4) is 0 Å². The van der Waals surface area contributed by atoms with Crippen molar-refractivity contribution in [3.05, 3.63) is 58.5 Å². The first-order chi connectivity index (χ1) is 11.8. The summed E-state index contributed by atoms with van der Waals surface area (Å²) < 4.78 is 1.38. The van der Waals surface area contributed by atoms with Crippen LogP contribution in [-0.2, 0) is 6.42 Å². The molecule has 1 aromatic carbocycles. The molecule has 0 spiro atoms. The molecule has 0 saturated heterocycles. The lowest BCUT2D eigenvalue weighted by Crippen LogP contribution is -2.33. The molecule has 0 unspecified atom stereocenters. The molecule has 0 amide bonds. The third-order valence-corrected chi connectivity index (χ3v) is 5.58. The Labute approximate surface area is 144 Å². The summed E-state index contributed by atoms with van der Waals surface area (Å²) in [7, 11) is 0. The standard InChI is InChI=1S/C18H20N4OS/c23-16-10-11-19-18-22(16)21-17(24-18)20-15-9-5-4-8-14(15)12-13-6-2-1-3-7-13/h1-3,6-7,10-11,14-15H,4-5,8-9,12H2,(H,20,21)/t14-,15+/m0/s1. The molecule has 1 aliphatic rings. The van der Waals surface area contributed by atoms with Gasteiger partial charge in [-0.25, -0.2) is 4.98 Å². The van der Waals surface area contributed by atoms with Crippen molar-refractivity contribution >= 4 is 21.4 Å². The number of nitrogens with zero attached hydrogens (tertiary/aromatic N) is 3. The summed E-state index contributed by atoms with van der Waals surface area (Å²) in [6.45, 7) is 0. The number of benzene rings is 1. The zero-order chi connectivity index (χ0) is 16.4. The lowest BCUT2D eigenvalue weighted by atomic mass is 9.81. The summed E-state index contributed by atoms with van der Waals surface area (Å²) in [5, 5.41) is 8.76. The first-order valence-electron chi connectivity index (χ1n) is 8.45. The maximum atomic E-state index is 11.8. The molecule has 6 heteroatoms. The molecule has 0 radical (unpaired) electrons. The molecule has 4 rings (SSSR count). The zero-order valence-corrected chi connectivity index (χ0v) is 14.2. The highest BCUT2D eigenvalue weighted by Gasteiger charge is 2.26. The van der Waals surface area contributed by atoms with Crippen molar-refractivity contribution in [1.82, 2.24) is 14.6 Å². The van der Waals surface area contributed by atoms with Gasteiger partial charge in [-0.2, -0.15) is 4.52 Å². The molecule has 2 heterocycles. The lowest BCUT2D eigenvalue weighted by molar-refractivity contribution is 0.323. The highest BCUT2D eigenvalue weighted by atomic mass is 32.1. The number of hydrogen-bond acceptors (Lipinski definition) is 5. The molecule has 2 atom stereocenters. The van der Waals surface area contributed by atoms with Crippen molar-refractivity contribution in [3.63, 3.8) is 0 Å². The number of aromatic nitrogens is 3. The maximum Gasteiger partial charge on any atom is 0.275 e. The molecule has 2 aromatic heterocycles. The first-order valence-corrected chi connectivity index (χ1v) is 9.26. The summed E-state index contributed by atoms with van der Waals surface area (Å²) in [4.78, 5) is 16.7. The molecular weight excluding hydrogens is 320 g/mol. The van der Waals surface area contributed by atoms with Crippen LogP contribution in [0.5, 0.6) is 0 Å². The normalized spacial score (nSPS) is 21.0. The molecular formula is C18H20N4OS. The summed E-state index contributed by atoms with van der Waals surface area (Å²) in [6.07, 6.45) is 7.54. The molecule has 3 aromatic rings. The molecule has 5 nitrogen and oxygen atoms in total. The van der Waals surface area contributed by atoms with E-state index in [-0.39, 0.29) is 5.56 Å². The molecule has 1 aliphatic carbocycles. The lowest BCUT2D eigenvalue weighted by Gasteiger charge is -2.32. The SMILES string of the molecule is O=c1ccnc2sc(N[C@@H]3CCCC[C@H]3Cc3ccccc3)nn12. The average molecular weight is 340 g/mol. The minimum absolute atomic E-state index is 0.131. The van der Waals surface area contributed by atoms with Crippen LogP contribution in [0.15, 0.2) is 47.4 Å². The molecule has 1 saturated carbocycles. The fourth-order valence-corrected chi connectivity index (χ4v) is 4.36. The van der Waals surface area contributed by atoms with Gasteiger partial charge in [0.15, 0.2) is 0 Å². The van der Waals surface area contributed by atoms with Crippen molar-refractivity contribution < 1.29 is 0 Å². The molecule has 0 bridgehead atoms. The van der Waals surface area contributed by atoms with Gasteiger partial charge in [0.1, 0.15) is 0 Å². The topological polar surface area (TPSA) is 59.3 Å². The Morgan fingerprint density at radius 3 is 2.83 bits per heavy atom. The molecule has 24 heavy (non-hydrogen) atoms. The van der Waals surface area contributed by atoms with Crippen molar-refractivity contribution in [3.8, 4) is 0 Å². The third-order valence-electron chi connectivity index (χ3n) is 4.73. The van der Waals surface area contributed by atoms with E-state index in [1.807, 2.05) is 0 Å². The van der Waals surface area contributed by atoms with E-state index in [1.54, 1.807) is 6.20 Å². The van der Waals surface area contributed by atoms with Gasteiger partial charge >= 0.3 is 0 Å². The average Bonchev–Trinajstić information content (AvgIpc) is 3.02.